The van der Waals surface area contributed by atoms with E-state index >= 15 is 0 Å². The Morgan fingerprint density at radius 2 is 2.30 bits per heavy atom. The summed E-state index contributed by atoms with van der Waals surface area (Å²) in [5, 5.41) is 20.4. The highest BCUT2D eigenvalue weighted by molar-refractivity contribution is 4.54. The third kappa shape index (κ3) is 5.37. The average Bonchev–Trinajstić information content (AvgIpc) is 1.98. The van der Waals surface area contributed by atoms with Crippen LogP contribution in [0, 0.1) is 0 Å². The normalized spacial score (nSPS) is 12.2. The Morgan fingerprint density at radius 3 is 2.80 bits per heavy atom. The van der Waals surface area contributed by atoms with E-state index < -0.39 is 6.10 Å². The molecule has 2 N–H and O–H groups in total. The Bertz CT molecular complexity index is 122. The van der Waals surface area contributed by atoms with Gasteiger partial charge in [0.1, 0.15) is 0 Å². The van der Waals surface area contributed by atoms with Gasteiger partial charge in [0, 0.05) is 11.5 Å². The molecule has 0 amide bonds. The monoisotopic (exact) mass is 145 g/mol. The van der Waals surface area contributed by atoms with Crippen molar-refractivity contribution < 1.29 is 10.2 Å². The minimum Gasteiger partial charge on any atom is -0.394 e. The lowest BCUT2D eigenvalue weighted by atomic mass is 10.2. The molecule has 0 aromatic rings. The molecule has 0 aromatic carbocycles. The van der Waals surface area contributed by atoms with Crippen LogP contribution in [0.1, 0.15) is 12.8 Å². The summed E-state index contributed by atoms with van der Waals surface area (Å²) in [6.07, 6.45) is 0.426. The average molecular weight is 145 g/mol. The lowest BCUT2D eigenvalue weighted by molar-refractivity contribution is 0.0872. The van der Waals surface area contributed by atoms with Gasteiger partial charge in [-0.25, -0.2) is 0 Å². The minimum atomic E-state index is -0.672. The fourth-order valence-corrected chi connectivity index (χ4v) is 0.534. The maximum atomic E-state index is 8.77. The second kappa shape index (κ2) is 6.35. The molecule has 1 atom stereocenters. The lowest BCUT2D eigenvalue weighted by Crippen LogP contribution is -2.11. The molecule has 58 valence electrons. The highest BCUT2D eigenvalue weighted by Crippen LogP contribution is 1.95. The van der Waals surface area contributed by atoms with E-state index in [0.717, 1.165) is 0 Å². The Labute approximate surface area is 58.9 Å². The first-order chi connectivity index (χ1) is 4.81. The summed E-state index contributed by atoms with van der Waals surface area (Å²) in [5.74, 6) is 0. The van der Waals surface area contributed by atoms with Crippen molar-refractivity contribution in [2.75, 3.05) is 13.2 Å². The van der Waals surface area contributed by atoms with Crippen LogP contribution >= 0.6 is 0 Å². The third-order valence-corrected chi connectivity index (χ3v) is 1.07. The molecule has 0 aliphatic heterocycles. The molecule has 0 aliphatic carbocycles. The number of hydrogen-bond donors (Lipinski definition) is 2. The maximum absolute atomic E-state index is 8.77. The smallest absolute Gasteiger partial charge is 0.0770 e. The van der Waals surface area contributed by atoms with Crippen LogP contribution in [0.25, 0.3) is 10.4 Å². The molecule has 0 heterocycles. The SMILES string of the molecule is [N-]=[N+]=NCCC[C@H](O)CO. The molecule has 0 saturated carbocycles. The molecule has 0 spiro atoms. The summed E-state index contributed by atoms with van der Waals surface area (Å²) < 4.78 is 0. The topological polar surface area (TPSA) is 89.2 Å². The first-order valence-electron chi connectivity index (χ1n) is 3.11. The number of nitrogens with zero attached hydrogens (tertiary/aromatic N) is 3. The summed E-state index contributed by atoms with van der Waals surface area (Å²) in [7, 11) is 0. The van der Waals surface area contributed by atoms with Crippen molar-refractivity contribution in [3.8, 4) is 0 Å². The molecule has 10 heavy (non-hydrogen) atoms. The van der Waals surface area contributed by atoms with Crippen LogP contribution in [0.4, 0.5) is 0 Å². The predicted octanol–water partition coefficient (Wildman–Crippen LogP) is 0.430. The predicted molar refractivity (Wildman–Crippen MR) is 36.3 cm³/mol. The van der Waals surface area contributed by atoms with Crippen LogP contribution in [0.15, 0.2) is 5.11 Å². The van der Waals surface area contributed by atoms with Gasteiger partial charge in [-0.1, -0.05) is 5.11 Å². The summed E-state index contributed by atoms with van der Waals surface area (Å²) in [6.45, 7) is 0.157. The zero-order chi connectivity index (χ0) is 7.82. The van der Waals surface area contributed by atoms with Gasteiger partial charge >= 0.3 is 0 Å². The molecule has 0 aliphatic rings. The number of rotatable bonds is 5. The van der Waals surface area contributed by atoms with Gasteiger partial charge in [-0.15, -0.1) is 0 Å². The van der Waals surface area contributed by atoms with E-state index in [0.29, 0.717) is 19.4 Å². The van der Waals surface area contributed by atoms with E-state index in [1.165, 1.54) is 0 Å². The molecule has 0 rings (SSSR count). The van der Waals surface area contributed by atoms with Crippen LogP contribution in [-0.2, 0) is 0 Å². The molecule has 0 fully saturated rings. The molecular formula is C5H11N3O2. The summed E-state index contributed by atoms with van der Waals surface area (Å²) in [6, 6.07) is 0. The highest BCUT2D eigenvalue weighted by Gasteiger charge is 1.98. The maximum Gasteiger partial charge on any atom is 0.0770 e. The first kappa shape index (κ1) is 9.23. The van der Waals surface area contributed by atoms with Crippen LogP contribution in [0.5, 0.6) is 0 Å². The van der Waals surface area contributed by atoms with Gasteiger partial charge < -0.3 is 10.2 Å². The Kier molecular flexibility index (Phi) is 5.86. The zero-order valence-corrected chi connectivity index (χ0v) is 5.64. The van der Waals surface area contributed by atoms with Gasteiger partial charge in [-0.2, -0.15) is 0 Å². The Balaban J connectivity index is 3.10. The van der Waals surface area contributed by atoms with Gasteiger partial charge in [-0.3, -0.25) is 0 Å². The van der Waals surface area contributed by atoms with E-state index in [-0.39, 0.29) is 6.61 Å². The second-order valence-electron chi connectivity index (χ2n) is 1.93. The van der Waals surface area contributed by atoms with E-state index in [1.54, 1.807) is 0 Å². The van der Waals surface area contributed by atoms with Crippen LogP contribution in [0.2, 0.25) is 0 Å². The summed E-state index contributed by atoms with van der Waals surface area (Å²) >= 11 is 0. The number of hydrogen-bond acceptors (Lipinski definition) is 3. The largest absolute Gasteiger partial charge is 0.394 e. The molecular weight excluding hydrogens is 134 g/mol. The van der Waals surface area contributed by atoms with Crippen molar-refractivity contribution in [3.05, 3.63) is 10.4 Å². The van der Waals surface area contributed by atoms with E-state index in [1.807, 2.05) is 0 Å². The molecule has 0 aromatic heterocycles. The van der Waals surface area contributed by atoms with Crippen molar-refractivity contribution >= 4 is 0 Å². The fraction of sp³-hybridized carbons (Fsp3) is 1.00. The summed E-state index contributed by atoms with van der Waals surface area (Å²) in [5.41, 5.74) is 7.84. The quantitative estimate of drug-likeness (QED) is 0.254. The molecule has 0 radical (unpaired) electrons. The van der Waals surface area contributed by atoms with E-state index in [2.05, 4.69) is 10.0 Å². The fourth-order valence-electron chi connectivity index (χ4n) is 0.534. The van der Waals surface area contributed by atoms with Gasteiger partial charge in [0.25, 0.3) is 0 Å². The molecule has 0 unspecified atom stereocenters. The van der Waals surface area contributed by atoms with Crippen molar-refractivity contribution in [1.29, 1.82) is 0 Å². The van der Waals surface area contributed by atoms with Crippen molar-refractivity contribution in [1.82, 2.24) is 0 Å². The second-order valence-corrected chi connectivity index (χ2v) is 1.93. The lowest BCUT2D eigenvalue weighted by Gasteiger charge is -2.02. The zero-order valence-electron chi connectivity index (χ0n) is 5.64. The van der Waals surface area contributed by atoms with Crippen molar-refractivity contribution in [3.63, 3.8) is 0 Å². The standard InChI is InChI=1S/C5H11N3O2/c6-8-7-3-1-2-5(10)4-9/h5,9-10H,1-4H2/t5-/m0/s1. The van der Waals surface area contributed by atoms with E-state index in [9.17, 15) is 0 Å². The van der Waals surface area contributed by atoms with Crippen LogP contribution in [-0.4, -0.2) is 29.5 Å². The third-order valence-electron chi connectivity index (χ3n) is 1.07. The van der Waals surface area contributed by atoms with Gasteiger partial charge in [0.05, 0.1) is 12.7 Å². The van der Waals surface area contributed by atoms with Crippen molar-refractivity contribution in [2.24, 2.45) is 5.11 Å². The number of aliphatic hydroxyl groups is 2. The van der Waals surface area contributed by atoms with Crippen molar-refractivity contribution in [2.45, 2.75) is 18.9 Å². The Hall–Kier alpha value is -0.770. The molecule has 0 bridgehead atoms. The number of azide groups is 1. The van der Waals surface area contributed by atoms with Gasteiger partial charge in [-0.05, 0) is 18.4 Å². The first-order valence-corrected chi connectivity index (χ1v) is 3.11. The van der Waals surface area contributed by atoms with E-state index in [4.69, 9.17) is 15.7 Å². The molecule has 5 nitrogen and oxygen atoms in total. The van der Waals surface area contributed by atoms with Crippen LogP contribution in [0.3, 0.4) is 0 Å². The van der Waals surface area contributed by atoms with Crippen LogP contribution < -0.4 is 0 Å². The highest BCUT2D eigenvalue weighted by atomic mass is 16.3. The Morgan fingerprint density at radius 1 is 1.60 bits per heavy atom. The van der Waals surface area contributed by atoms with Gasteiger partial charge in [0.15, 0.2) is 0 Å². The molecule has 0 saturated heterocycles. The molecule has 5 heteroatoms. The summed E-state index contributed by atoms with van der Waals surface area (Å²) in [4.78, 5) is 2.54. The number of aliphatic hydroxyl groups excluding tert-OH is 2. The minimum absolute atomic E-state index is 0.226. The van der Waals surface area contributed by atoms with Gasteiger partial charge in [0.2, 0.25) is 0 Å².